The Labute approximate surface area is 75.6 Å². The van der Waals surface area contributed by atoms with E-state index in [1.165, 1.54) is 5.56 Å². The monoisotopic (exact) mass is 178 g/mol. The van der Waals surface area contributed by atoms with Crippen molar-refractivity contribution in [3.05, 3.63) is 34.7 Å². The average molecular weight is 178 g/mol. The lowest BCUT2D eigenvalue weighted by Crippen LogP contribution is -1.92. The summed E-state index contributed by atoms with van der Waals surface area (Å²) in [6.45, 7) is 2.25. The van der Waals surface area contributed by atoms with Crippen LogP contribution in [0.15, 0.2) is 34.1 Å². The van der Waals surface area contributed by atoms with Gasteiger partial charge in [-0.05, 0) is 42.0 Å². The Morgan fingerprint density at radius 2 is 1.75 bits per heavy atom. The Balaban J connectivity index is 2.66. The molecular weight excluding hydrogens is 164 g/mol. The van der Waals surface area contributed by atoms with Crippen molar-refractivity contribution < 1.29 is 0 Å². The number of rotatable bonds is 0. The Kier molecular flexibility index (Phi) is 1.58. The molecule has 0 atom stereocenters. The number of hydrogen-bond donors (Lipinski definition) is 0. The number of allylic oxidation sites excluding steroid dienone is 1. The zero-order chi connectivity index (χ0) is 8.77. The quantitative estimate of drug-likeness (QED) is 0.570. The van der Waals surface area contributed by atoms with Crippen LogP contribution in [0.1, 0.15) is 12.5 Å². The van der Waals surface area contributed by atoms with E-state index in [1.807, 2.05) is 0 Å². The summed E-state index contributed by atoms with van der Waals surface area (Å²) in [5.74, 6) is 0. The molecule has 0 radical (unpaired) electrons. The maximum Gasteiger partial charge on any atom is 0.000619 e. The Morgan fingerprint density at radius 1 is 1.08 bits per heavy atom. The molecule has 0 bridgehead atoms. The Morgan fingerprint density at radius 3 is 2.42 bits per heavy atom. The lowest BCUT2D eigenvalue weighted by atomic mass is 10.2. The highest BCUT2D eigenvalue weighted by molar-refractivity contribution is 8.36. The summed E-state index contributed by atoms with van der Waals surface area (Å²) in [6.07, 6.45) is 7.06. The minimum absolute atomic E-state index is 0.623. The third-order valence-corrected chi connectivity index (χ3v) is 5.83. The fraction of sp³-hybridized carbons (Fsp3) is 0.273. The van der Waals surface area contributed by atoms with Crippen molar-refractivity contribution in [2.24, 2.45) is 0 Å². The second-order valence-electron chi connectivity index (χ2n) is 3.62. The molecule has 0 spiro atoms. The molecule has 0 nitrogen and oxygen atoms in total. The van der Waals surface area contributed by atoms with Gasteiger partial charge in [-0.15, -0.1) is 0 Å². The largest absolute Gasteiger partial charge is 0.197 e. The van der Waals surface area contributed by atoms with Crippen LogP contribution in [0.2, 0.25) is 0 Å². The fourth-order valence-electron chi connectivity index (χ4n) is 1.60. The van der Waals surface area contributed by atoms with Crippen molar-refractivity contribution in [1.29, 1.82) is 0 Å². The molecule has 12 heavy (non-hydrogen) atoms. The molecule has 1 heteroatoms. The summed E-state index contributed by atoms with van der Waals surface area (Å²) in [5.41, 5.74) is 1.43. The fourth-order valence-corrected chi connectivity index (χ4v) is 3.51. The topological polar surface area (TPSA) is 0 Å². The summed E-state index contributed by atoms with van der Waals surface area (Å²) in [7, 11) is -0.623. The van der Waals surface area contributed by atoms with E-state index in [4.69, 9.17) is 0 Å². The molecule has 0 aliphatic carbocycles. The van der Waals surface area contributed by atoms with Gasteiger partial charge in [0.05, 0.1) is 0 Å². The third kappa shape index (κ3) is 0.929. The van der Waals surface area contributed by atoms with Crippen LogP contribution in [0.3, 0.4) is 0 Å². The van der Waals surface area contributed by atoms with E-state index in [0.717, 1.165) is 0 Å². The summed E-state index contributed by atoms with van der Waals surface area (Å²) < 4.78 is 0. The van der Waals surface area contributed by atoms with Crippen LogP contribution in [-0.2, 0) is 0 Å². The van der Waals surface area contributed by atoms with Gasteiger partial charge in [-0.1, -0.05) is 18.2 Å². The first-order valence-corrected chi connectivity index (χ1v) is 6.58. The molecular formula is C11H14S. The molecule has 0 amide bonds. The predicted octanol–water partition coefficient (Wildman–Crippen LogP) is 3.48. The molecule has 2 rings (SSSR count). The minimum atomic E-state index is -0.623. The van der Waals surface area contributed by atoms with Gasteiger partial charge in [0, 0.05) is 4.90 Å². The summed E-state index contributed by atoms with van der Waals surface area (Å²) in [6, 6.07) is 8.72. The van der Waals surface area contributed by atoms with Gasteiger partial charge in [-0.2, -0.15) is 10.0 Å². The first-order chi connectivity index (χ1) is 5.62. The molecule has 0 fully saturated rings. The zero-order valence-corrected chi connectivity index (χ0v) is 8.61. The molecule has 0 N–H and O–H groups in total. The van der Waals surface area contributed by atoms with Gasteiger partial charge >= 0.3 is 0 Å². The smallest absolute Gasteiger partial charge is 0.000619 e. The van der Waals surface area contributed by atoms with E-state index in [2.05, 4.69) is 49.8 Å². The molecule has 1 aliphatic heterocycles. The van der Waals surface area contributed by atoms with Gasteiger partial charge in [0.1, 0.15) is 0 Å². The maximum absolute atomic E-state index is 2.37. The second kappa shape index (κ2) is 2.40. The molecule has 0 unspecified atom stereocenters. The van der Waals surface area contributed by atoms with Crippen molar-refractivity contribution in [2.45, 2.75) is 11.8 Å². The summed E-state index contributed by atoms with van der Waals surface area (Å²) in [4.78, 5) is 3.09. The van der Waals surface area contributed by atoms with E-state index in [1.54, 1.807) is 9.80 Å². The standard InChI is InChI=1S/C11H14S/c1-9-8-10-6-4-5-7-11(10)12(9,2)3/h4-8H,1-3H3. The van der Waals surface area contributed by atoms with Crippen LogP contribution in [0.25, 0.3) is 6.08 Å². The van der Waals surface area contributed by atoms with Gasteiger partial charge in [-0.25, -0.2) is 0 Å². The molecule has 1 aromatic rings. The van der Waals surface area contributed by atoms with Crippen LogP contribution in [0.5, 0.6) is 0 Å². The minimum Gasteiger partial charge on any atom is -0.197 e. The molecule has 1 heterocycles. The van der Waals surface area contributed by atoms with E-state index in [-0.39, 0.29) is 0 Å². The van der Waals surface area contributed by atoms with Crippen molar-refractivity contribution in [3.8, 4) is 0 Å². The Hall–Kier alpha value is -0.690. The van der Waals surface area contributed by atoms with Gasteiger partial charge in [0.15, 0.2) is 0 Å². The van der Waals surface area contributed by atoms with Crippen molar-refractivity contribution in [1.82, 2.24) is 0 Å². The summed E-state index contributed by atoms with van der Waals surface area (Å²) in [5, 5.41) is 0. The molecule has 0 saturated heterocycles. The highest BCUT2D eigenvalue weighted by Crippen LogP contribution is 2.61. The SMILES string of the molecule is CC1=Cc2ccccc2S1(C)C. The molecule has 1 aromatic carbocycles. The van der Waals surface area contributed by atoms with Crippen LogP contribution < -0.4 is 0 Å². The number of hydrogen-bond acceptors (Lipinski definition) is 0. The first kappa shape index (κ1) is 7.93. The molecule has 0 saturated carbocycles. The highest BCUT2D eigenvalue weighted by Gasteiger charge is 2.24. The van der Waals surface area contributed by atoms with Gasteiger partial charge in [0.25, 0.3) is 0 Å². The van der Waals surface area contributed by atoms with E-state index in [0.29, 0.717) is 0 Å². The molecule has 0 aromatic heterocycles. The lowest BCUT2D eigenvalue weighted by molar-refractivity contribution is 1.42. The number of fused-ring (bicyclic) bond motifs is 1. The molecule has 1 aliphatic rings. The van der Waals surface area contributed by atoms with Crippen LogP contribution in [0, 0.1) is 0 Å². The maximum atomic E-state index is 2.37. The summed E-state index contributed by atoms with van der Waals surface area (Å²) >= 11 is 0. The van der Waals surface area contributed by atoms with Gasteiger partial charge in [0.2, 0.25) is 0 Å². The van der Waals surface area contributed by atoms with Crippen molar-refractivity contribution >= 4 is 16.1 Å². The third-order valence-electron chi connectivity index (χ3n) is 2.63. The average Bonchev–Trinajstić information content (AvgIpc) is 2.25. The van der Waals surface area contributed by atoms with E-state index >= 15 is 0 Å². The number of benzene rings is 1. The van der Waals surface area contributed by atoms with Crippen LogP contribution in [-0.4, -0.2) is 12.5 Å². The Bertz CT molecular complexity index is 348. The van der Waals surface area contributed by atoms with E-state index < -0.39 is 10.0 Å². The second-order valence-corrected chi connectivity index (χ2v) is 7.36. The zero-order valence-electron chi connectivity index (χ0n) is 7.79. The lowest BCUT2D eigenvalue weighted by Gasteiger charge is -2.28. The van der Waals surface area contributed by atoms with Crippen molar-refractivity contribution in [3.63, 3.8) is 0 Å². The van der Waals surface area contributed by atoms with Crippen molar-refractivity contribution in [2.75, 3.05) is 12.5 Å². The van der Waals surface area contributed by atoms with Crippen LogP contribution in [0.4, 0.5) is 0 Å². The predicted molar refractivity (Wildman–Crippen MR) is 57.8 cm³/mol. The van der Waals surface area contributed by atoms with Gasteiger partial charge in [-0.3, -0.25) is 0 Å². The molecule has 64 valence electrons. The van der Waals surface area contributed by atoms with Gasteiger partial charge < -0.3 is 0 Å². The normalized spacial score (nSPS) is 21.4. The highest BCUT2D eigenvalue weighted by atomic mass is 32.3. The van der Waals surface area contributed by atoms with Crippen LogP contribution >= 0.6 is 10.0 Å². The van der Waals surface area contributed by atoms with E-state index in [9.17, 15) is 0 Å². The first-order valence-electron chi connectivity index (χ1n) is 4.13.